The van der Waals surface area contributed by atoms with Crippen molar-refractivity contribution in [1.82, 2.24) is 4.31 Å². The Morgan fingerprint density at radius 1 is 1.09 bits per heavy atom. The van der Waals surface area contributed by atoms with Gasteiger partial charge in [-0.15, -0.1) is 12.4 Å². The first-order valence-corrected chi connectivity index (χ1v) is 8.71. The molecule has 0 amide bonds. The lowest BCUT2D eigenvalue weighted by Crippen LogP contribution is -2.36. The van der Waals surface area contributed by atoms with Crippen molar-refractivity contribution in [1.29, 1.82) is 0 Å². The topological polar surface area (TPSA) is 63.4 Å². The zero-order valence-electron chi connectivity index (χ0n) is 12.3. The van der Waals surface area contributed by atoms with Crippen molar-refractivity contribution >= 4 is 44.8 Å². The minimum Gasteiger partial charge on any atom is -0.329 e. The lowest BCUT2D eigenvalue weighted by Gasteiger charge is -2.22. The average Bonchev–Trinajstić information content (AvgIpc) is 2.47. The number of nitrogens with zero attached hydrogens (tertiary/aromatic N) is 1. The second-order valence-electron chi connectivity index (χ2n) is 4.78. The summed E-state index contributed by atoms with van der Waals surface area (Å²) in [6.07, 6.45) is 0.741. The number of nitrogens with two attached hydrogens (primary N) is 1. The largest absolute Gasteiger partial charge is 0.329 e. The number of rotatable bonds is 6. The predicted octanol–water partition coefficient (Wildman–Crippen LogP) is 3.27. The van der Waals surface area contributed by atoms with Crippen molar-refractivity contribution in [2.45, 2.75) is 18.2 Å². The third-order valence-corrected chi connectivity index (χ3v) is 5.58. The third-order valence-electron chi connectivity index (χ3n) is 3.30. The second-order valence-corrected chi connectivity index (χ2v) is 7.10. The summed E-state index contributed by atoms with van der Waals surface area (Å²) in [5, 5.41) is 1.93. The molecule has 0 aliphatic heterocycles. The van der Waals surface area contributed by atoms with E-state index in [1.54, 1.807) is 30.3 Å². The Hall–Kier alpha value is -0.850. The van der Waals surface area contributed by atoms with E-state index in [-0.39, 0.29) is 17.3 Å². The van der Waals surface area contributed by atoms with Crippen molar-refractivity contribution < 1.29 is 8.42 Å². The summed E-state index contributed by atoms with van der Waals surface area (Å²) in [5.41, 5.74) is 5.54. The number of fused-ring (bicyclic) bond motifs is 1. The van der Waals surface area contributed by atoms with Gasteiger partial charge in [-0.25, -0.2) is 8.42 Å². The molecule has 4 nitrogen and oxygen atoms in total. The van der Waals surface area contributed by atoms with Crippen LogP contribution in [0.2, 0.25) is 5.02 Å². The van der Waals surface area contributed by atoms with E-state index in [0.29, 0.717) is 30.0 Å². The highest BCUT2D eigenvalue weighted by atomic mass is 35.5. The predicted molar refractivity (Wildman–Crippen MR) is 94.3 cm³/mol. The molecule has 2 aromatic rings. The molecule has 0 heterocycles. The maximum atomic E-state index is 12.9. The molecular formula is C15H20Cl2N2O2S. The molecule has 2 N–H and O–H groups in total. The Labute approximate surface area is 142 Å². The summed E-state index contributed by atoms with van der Waals surface area (Å²) in [7, 11) is -3.57. The maximum absolute atomic E-state index is 12.9. The van der Waals surface area contributed by atoms with Gasteiger partial charge in [0.25, 0.3) is 0 Å². The highest BCUT2D eigenvalue weighted by molar-refractivity contribution is 7.89. The fraction of sp³-hybridized carbons (Fsp3) is 0.333. The Bertz CT molecular complexity index is 729. The Morgan fingerprint density at radius 3 is 2.36 bits per heavy atom. The van der Waals surface area contributed by atoms with E-state index in [4.69, 9.17) is 17.3 Å². The molecule has 2 rings (SSSR count). The van der Waals surface area contributed by atoms with E-state index < -0.39 is 10.0 Å². The summed E-state index contributed by atoms with van der Waals surface area (Å²) < 4.78 is 27.2. The first-order chi connectivity index (χ1) is 10.0. The van der Waals surface area contributed by atoms with Crippen molar-refractivity contribution in [3.05, 3.63) is 41.4 Å². The van der Waals surface area contributed by atoms with Crippen molar-refractivity contribution in [2.24, 2.45) is 5.73 Å². The maximum Gasteiger partial charge on any atom is 0.243 e. The van der Waals surface area contributed by atoms with Crippen LogP contribution in [0.25, 0.3) is 10.8 Å². The number of hydrogen-bond acceptors (Lipinski definition) is 3. The van der Waals surface area contributed by atoms with Gasteiger partial charge in [0.15, 0.2) is 0 Å². The van der Waals surface area contributed by atoms with Crippen LogP contribution in [0.5, 0.6) is 0 Å². The van der Waals surface area contributed by atoms with Gasteiger partial charge in [-0.2, -0.15) is 4.31 Å². The molecule has 0 fully saturated rings. The minimum absolute atomic E-state index is 0. The van der Waals surface area contributed by atoms with Crippen LogP contribution in [0, 0.1) is 0 Å². The van der Waals surface area contributed by atoms with Crippen LogP contribution in [-0.4, -0.2) is 32.4 Å². The van der Waals surface area contributed by atoms with Crippen LogP contribution in [0.1, 0.15) is 13.3 Å². The van der Waals surface area contributed by atoms with Crippen LogP contribution in [-0.2, 0) is 10.0 Å². The SMILES string of the molecule is CCCN(CCN)S(=O)(=O)c1cccc2c(Cl)cccc12.Cl. The molecule has 0 aliphatic carbocycles. The lowest BCUT2D eigenvalue weighted by molar-refractivity contribution is 0.418. The van der Waals surface area contributed by atoms with Crippen LogP contribution in [0.4, 0.5) is 0 Å². The molecule has 7 heteroatoms. The van der Waals surface area contributed by atoms with Gasteiger partial charge in [0.05, 0.1) is 4.90 Å². The van der Waals surface area contributed by atoms with E-state index in [0.717, 1.165) is 11.8 Å². The van der Waals surface area contributed by atoms with Gasteiger partial charge >= 0.3 is 0 Å². The molecule has 22 heavy (non-hydrogen) atoms. The van der Waals surface area contributed by atoms with Gasteiger partial charge < -0.3 is 5.73 Å². The van der Waals surface area contributed by atoms with Gasteiger partial charge in [0.1, 0.15) is 0 Å². The zero-order chi connectivity index (χ0) is 15.5. The normalized spacial score (nSPS) is 11.6. The molecule has 0 bridgehead atoms. The van der Waals surface area contributed by atoms with Crippen molar-refractivity contribution in [3.63, 3.8) is 0 Å². The summed E-state index contributed by atoms with van der Waals surface area (Å²) in [5.74, 6) is 0. The summed E-state index contributed by atoms with van der Waals surface area (Å²) in [4.78, 5) is 0.282. The minimum atomic E-state index is -3.57. The van der Waals surface area contributed by atoms with E-state index in [9.17, 15) is 8.42 Å². The standard InChI is InChI=1S/C15H19ClN2O2S.ClH/c1-2-10-18(11-9-17)21(19,20)15-8-4-5-12-13(15)6-3-7-14(12)16;/h3-8H,2,9-11,17H2,1H3;1H. The molecular weight excluding hydrogens is 343 g/mol. The molecule has 0 unspecified atom stereocenters. The molecule has 0 radical (unpaired) electrons. The Morgan fingerprint density at radius 2 is 1.73 bits per heavy atom. The monoisotopic (exact) mass is 362 g/mol. The molecule has 0 aromatic heterocycles. The Kier molecular flexibility index (Phi) is 7.09. The van der Waals surface area contributed by atoms with Crippen LogP contribution in [0.15, 0.2) is 41.3 Å². The van der Waals surface area contributed by atoms with E-state index in [1.165, 1.54) is 4.31 Å². The first-order valence-electron chi connectivity index (χ1n) is 6.89. The molecule has 0 saturated carbocycles. The Balaban J connectivity index is 0.00000242. The highest BCUT2D eigenvalue weighted by Crippen LogP contribution is 2.30. The smallest absolute Gasteiger partial charge is 0.243 e. The summed E-state index contributed by atoms with van der Waals surface area (Å²) in [6, 6.07) is 10.5. The number of hydrogen-bond donors (Lipinski definition) is 1. The molecule has 0 spiro atoms. The molecule has 122 valence electrons. The van der Waals surface area contributed by atoms with E-state index in [1.807, 2.05) is 13.0 Å². The molecule has 0 aliphatic rings. The van der Waals surface area contributed by atoms with E-state index >= 15 is 0 Å². The van der Waals surface area contributed by atoms with Crippen LogP contribution in [0.3, 0.4) is 0 Å². The fourth-order valence-corrected chi connectivity index (χ4v) is 4.34. The number of halogens is 2. The molecule has 2 aromatic carbocycles. The molecule has 0 atom stereocenters. The van der Waals surface area contributed by atoms with Crippen LogP contribution >= 0.6 is 24.0 Å². The third kappa shape index (κ3) is 3.73. The fourth-order valence-electron chi connectivity index (χ4n) is 2.35. The zero-order valence-corrected chi connectivity index (χ0v) is 14.7. The lowest BCUT2D eigenvalue weighted by atomic mass is 10.1. The second kappa shape index (κ2) is 8.13. The van der Waals surface area contributed by atoms with Gasteiger partial charge in [-0.3, -0.25) is 0 Å². The van der Waals surface area contributed by atoms with Crippen molar-refractivity contribution in [3.8, 4) is 0 Å². The molecule has 0 saturated heterocycles. The number of sulfonamides is 1. The summed E-state index contributed by atoms with van der Waals surface area (Å²) in [6.45, 7) is 3.01. The quantitative estimate of drug-likeness (QED) is 0.857. The summed E-state index contributed by atoms with van der Waals surface area (Å²) >= 11 is 6.15. The average molecular weight is 363 g/mol. The van der Waals surface area contributed by atoms with E-state index in [2.05, 4.69) is 0 Å². The van der Waals surface area contributed by atoms with Gasteiger partial charge in [-0.05, 0) is 18.6 Å². The van der Waals surface area contributed by atoms with Gasteiger partial charge in [-0.1, -0.05) is 42.8 Å². The number of benzene rings is 2. The first kappa shape index (κ1) is 19.2. The van der Waals surface area contributed by atoms with Crippen molar-refractivity contribution in [2.75, 3.05) is 19.6 Å². The van der Waals surface area contributed by atoms with Crippen LogP contribution < -0.4 is 5.73 Å². The van der Waals surface area contributed by atoms with Gasteiger partial charge in [0.2, 0.25) is 10.0 Å². The highest BCUT2D eigenvalue weighted by Gasteiger charge is 2.25. The van der Waals surface area contributed by atoms with Gasteiger partial charge in [0, 0.05) is 35.4 Å².